The number of aromatic nitrogens is 2. The van der Waals surface area contributed by atoms with Crippen molar-refractivity contribution in [1.82, 2.24) is 9.55 Å². The van der Waals surface area contributed by atoms with Crippen molar-refractivity contribution in [2.75, 3.05) is 14.2 Å². The summed E-state index contributed by atoms with van der Waals surface area (Å²) in [6.45, 7) is 0. The second-order valence-corrected chi connectivity index (χ2v) is 7.47. The molecule has 0 radical (unpaired) electrons. The molecule has 0 spiro atoms. The fourth-order valence-electron chi connectivity index (χ4n) is 2.70. The van der Waals surface area contributed by atoms with Crippen molar-refractivity contribution in [3.8, 4) is 11.5 Å². The number of benzene rings is 2. The lowest BCUT2D eigenvalue weighted by atomic mass is 10.2. The van der Waals surface area contributed by atoms with Gasteiger partial charge in [-0.2, -0.15) is 4.99 Å². The average molecular weight is 385 g/mol. The highest BCUT2D eigenvalue weighted by Gasteiger charge is 2.12. The molecule has 0 saturated heterocycles. The summed E-state index contributed by atoms with van der Waals surface area (Å²) < 4.78 is 14.5. The Morgan fingerprint density at radius 2 is 1.88 bits per heavy atom. The maximum absolute atomic E-state index is 12.6. The first-order valence-electron chi connectivity index (χ1n) is 7.74. The van der Waals surface area contributed by atoms with Crippen molar-refractivity contribution in [3.05, 3.63) is 46.2 Å². The van der Waals surface area contributed by atoms with E-state index in [0.29, 0.717) is 21.9 Å². The molecular weight excluding hydrogens is 370 g/mol. The quantitative estimate of drug-likeness (QED) is 0.540. The number of aryl methyl sites for hydroxylation is 1. The molecule has 8 heteroatoms. The number of rotatable bonds is 3. The van der Waals surface area contributed by atoms with E-state index in [1.807, 2.05) is 35.9 Å². The van der Waals surface area contributed by atoms with Crippen LogP contribution in [0.3, 0.4) is 0 Å². The molecule has 4 aromatic rings. The first kappa shape index (κ1) is 16.7. The molecule has 2 aromatic heterocycles. The first-order chi connectivity index (χ1) is 12.6. The molecule has 132 valence electrons. The molecule has 0 saturated carbocycles. The van der Waals surface area contributed by atoms with Crippen LogP contribution in [0.15, 0.2) is 40.8 Å². The van der Waals surface area contributed by atoms with Crippen molar-refractivity contribution < 1.29 is 14.3 Å². The van der Waals surface area contributed by atoms with Crippen LogP contribution in [0.25, 0.3) is 20.4 Å². The van der Waals surface area contributed by atoms with Gasteiger partial charge in [-0.25, -0.2) is 4.98 Å². The Labute approximate surface area is 157 Å². The zero-order valence-electron chi connectivity index (χ0n) is 14.3. The Bertz CT molecular complexity index is 1200. The molecule has 0 unspecified atom stereocenters. The van der Waals surface area contributed by atoms with Gasteiger partial charge in [0, 0.05) is 24.7 Å². The van der Waals surface area contributed by atoms with Crippen molar-refractivity contribution in [3.63, 3.8) is 0 Å². The van der Waals surface area contributed by atoms with Crippen LogP contribution < -0.4 is 14.3 Å². The van der Waals surface area contributed by atoms with Gasteiger partial charge in [0.15, 0.2) is 16.3 Å². The Morgan fingerprint density at radius 3 is 2.65 bits per heavy atom. The summed E-state index contributed by atoms with van der Waals surface area (Å²) in [6, 6.07) is 9.21. The van der Waals surface area contributed by atoms with Gasteiger partial charge in [-0.05, 0) is 18.2 Å². The smallest absolute Gasteiger partial charge is 0.279 e. The van der Waals surface area contributed by atoms with Crippen molar-refractivity contribution in [2.24, 2.45) is 12.0 Å². The van der Waals surface area contributed by atoms with Crippen LogP contribution in [0.1, 0.15) is 10.4 Å². The van der Waals surface area contributed by atoms with Gasteiger partial charge in [-0.3, -0.25) is 4.79 Å². The van der Waals surface area contributed by atoms with Gasteiger partial charge in [-0.15, -0.1) is 11.3 Å². The molecule has 26 heavy (non-hydrogen) atoms. The third-order valence-electron chi connectivity index (χ3n) is 4.09. The highest BCUT2D eigenvalue weighted by molar-refractivity contribution is 7.17. The van der Waals surface area contributed by atoms with E-state index in [4.69, 9.17) is 9.47 Å². The summed E-state index contributed by atoms with van der Waals surface area (Å²) in [5.41, 5.74) is 4.13. The molecule has 0 atom stereocenters. The highest BCUT2D eigenvalue weighted by atomic mass is 32.1. The highest BCUT2D eigenvalue weighted by Crippen LogP contribution is 2.33. The number of hydrogen-bond acceptors (Lipinski definition) is 6. The van der Waals surface area contributed by atoms with E-state index in [1.54, 1.807) is 25.8 Å². The van der Waals surface area contributed by atoms with E-state index in [1.165, 1.54) is 22.7 Å². The Kier molecular flexibility index (Phi) is 4.21. The van der Waals surface area contributed by atoms with E-state index >= 15 is 0 Å². The molecule has 1 amide bonds. The predicted molar refractivity (Wildman–Crippen MR) is 103 cm³/mol. The third kappa shape index (κ3) is 2.77. The second-order valence-electron chi connectivity index (χ2n) is 5.57. The standard InChI is InChI=1S/C18H15N3O3S2/c1-21-12-7-13(23-2)14(24-3)8-16(12)26-18(21)20-17(22)10-4-5-11-15(6-10)25-9-19-11/h4-9H,1-3H3. The van der Waals surface area contributed by atoms with Crippen molar-refractivity contribution >= 4 is 49.0 Å². The van der Waals surface area contributed by atoms with Gasteiger partial charge in [-0.1, -0.05) is 11.3 Å². The molecule has 0 aliphatic carbocycles. The molecule has 2 aromatic carbocycles. The molecule has 0 aliphatic rings. The van der Waals surface area contributed by atoms with Gasteiger partial charge in [0.05, 0.1) is 40.2 Å². The van der Waals surface area contributed by atoms with Crippen LogP contribution >= 0.6 is 22.7 Å². The SMILES string of the molecule is COc1cc2sc(=NC(=O)c3ccc4ncsc4c3)n(C)c2cc1OC. The maximum atomic E-state index is 12.6. The summed E-state index contributed by atoms with van der Waals surface area (Å²) in [5, 5.41) is 0. The number of amides is 1. The molecule has 0 bridgehead atoms. The third-order valence-corrected chi connectivity index (χ3v) is 5.98. The Hall–Kier alpha value is -2.71. The second kappa shape index (κ2) is 6.54. The summed E-state index contributed by atoms with van der Waals surface area (Å²) in [7, 11) is 5.07. The number of hydrogen-bond donors (Lipinski definition) is 0. The van der Waals surface area contributed by atoms with Gasteiger partial charge in [0.2, 0.25) is 0 Å². The summed E-state index contributed by atoms with van der Waals surface area (Å²) in [4.78, 5) is 21.8. The van der Waals surface area contributed by atoms with E-state index < -0.39 is 0 Å². The molecular formula is C18H15N3O3S2. The van der Waals surface area contributed by atoms with Crippen LogP contribution in [0.5, 0.6) is 11.5 Å². The van der Waals surface area contributed by atoms with Crippen LogP contribution in [0.4, 0.5) is 0 Å². The maximum Gasteiger partial charge on any atom is 0.279 e. The van der Waals surface area contributed by atoms with E-state index in [9.17, 15) is 4.79 Å². The lowest BCUT2D eigenvalue weighted by Crippen LogP contribution is -2.13. The minimum absolute atomic E-state index is 0.276. The largest absolute Gasteiger partial charge is 0.493 e. The van der Waals surface area contributed by atoms with Crippen molar-refractivity contribution in [1.29, 1.82) is 0 Å². The van der Waals surface area contributed by atoms with Crippen LogP contribution in [0, 0.1) is 0 Å². The predicted octanol–water partition coefficient (Wildman–Crippen LogP) is 3.61. The molecule has 4 rings (SSSR count). The van der Waals surface area contributed by atoms with E-state index in [2.05, 4.69) is 9.98 Å². The molecule has 0 N–H and O–H groups in total. The number of thiazole rings is 2. The monoisotopic (exact) mass is 385 g/mol. The lowest BCUT2D eigenvalue weighted by Gasteiger charge is -2.07. The van der Waals surface area contributed by atoms with Crippen LogP contribution in [0.2, 0.25) is 0 Å². The van der Waals surface area contributed by atoms with Gasteiger partial charge >= 0.3 is 0 Å². The molecule has 6 nitrogen and oxygen atoms in total. The van der Waals surface area contributed by atoms with E-state index in [-0.39, 0.29) is 5.91 Å². The first-order valence-corrected chi connectivity index (χ1v) is 9.44. The number of fused-ring (bicyclic) bond motifs is 2. The minimum Gasteiger partial charge on any atom is -0.493 e. The minimum atomic E-state index is -0.276. The molecule has 0 aliphatic heterocycles. The molecule has 0 fully saturated rings. The van der Waals surface area contributed by atoms with Gasteiger partial charge in [0.25, 0.3) is 5.91 Å². The Balaban J connectivity index is 1.81. The summed E-state index contributed by atoms with van der Waals surface area (Å²) >= 11 is 2.94. The van der Waals surface area contributed by atoms with Crippen molar-refractivity contribution in [2.45, 2.75) is 0 Å². The summed E-state index contributed by atoms with van der Waals surface area (Å²) in [5.74, 6) is 1.01. The van der Waals surface area contributed by atoms with Gasteiger partial charge in [0.1, 0.15) is 0 Å². The number of carbonyl (C=O) groups excluding carboxylic acids is 1. The number of ether oxygens (including phenoxy) is 2. The fraction of sp³-hybridized carbons (Fsp3) is 0.167. The zero-order chi connectivity index (χ0) is 18.3. The normalized spacial score (nSPS) is 12.0. The number of nitrogens with zero attached hydrogens (tertiary/aromatic N) is 3. The van der Waals surface area contributed by atoms with Crippen LogP contribution in [-0.2, 0) is 7.05 Å². The number of carbonyl (C=O) groups is 1. The number of methoxy groups -OCH3 is 2. The Morgan fingerprint density at radius 1 is 1.12 bits per heavy atom. The average Bonchev–Trinajstić information content (AvgIpc) is 3.24. The summed E-state index contributed by atoms with van der Waals surface area (Å²) in [6.07, 6.45) is 0. The van der Waals surface area contributed by atoms with Crippen LogP contribution in [-0.4, -0.2) is 29.7 Å². The van der Waals surface area contributed by atoms with E-state index in [0.717, 1.165) is 20.4 Å². The zero-order valence-corrected chi connectivity index (χ0v) is 16.0. The fourth-order valence-corrected chi connectivity index (χ4v) is 4.44. The molecule has 2 heterocycles. The van der Waals surface area contributed by atoms with Gasteiger partial charge < -0.3 is 14.0 Å². The topological polar surface area (TPSA) is 65.7 Å². The lowest BCUT2D eigenvalue weighted by molar-refractivity contribution is 0.0998.